The third kappa shape index (κ3) is 3.21. The highest BCUT2D eigenvalue weighted by Gasteiger charge is 2.38. The van der Waals surface area contributed by atoms with Crippen LogP contribution in [-0.4, -0.2) is 27.2 Å². The molecule has 4 rings (SSSR count). The Morgan fingerprint density at radius 3 is 2.62 bits per heavy atom. The zero-order valence-electron chi connectivity index (χ0n) is 14.9. The van der Waals surface area contributed by atoms with E-state index in [9.17, 15) is 5.26 Å². The number of rotatable bonds is 5. The molecule has 1 aliphatic rings. The second-order valence-electron chi connectivity index (χ2n) is 7.22. The van der Waals surface area contributed by atoms with Crippen LogP contribution >= 0.6 is 0 Å². The lowest BCUT2D eigenvalue weighted by Crippen LogP contribution is -2.91. The third-order valence-electron chi connectivity index (χ3n) is 5.68. The van der Waals surface area contributed by atoms with E-state index in [0.29, 0.717) is 6.04 Å². The van der Waals surface area contributed by atoms with Gasteiger partial charge in [0.2, 0.25) is 0 Å². The fourth-order valence-electron chi connectivity index (χ4n) is 4.10. The van der Waals surface area contributed by atoms with E-state index in [1.807, 2.05) is 42.6 Å². The summed E-state index contributed by atoms with van der Waals surface area (Å²) in [6, 6.07) is 19.5. The molecule has 0 aliphatic heterocycles. The SMILES string of the molecule is N#CC1(c2ccccc2)CCC([NH2+]CCc2nnc3ccccn23)CC1. The molecule has 0 amide bonds. The van der Waals surface area contributed by atoms with Gasteiger partial charge in [-0.3, -0.25) is 4.40 Å². The van der Waals surface area contributed by atoms with E-state index in [-0.39, 0.29) is 5.41 Å². The Kier molecular flexibility index (Phi) is 4.68. The van der Waals surface area contributed by atoms with Crippen molar-refractivity contribution >= 4 is 5.65 Å². The molecule has 1 aromatic carbocycles. The standard InChI is InChI=1S/C21H23N5/c22-16-21(17-6-2-1-3-7-17)12-9-18(10-13-21)23-14-11-20-25-24-19-8-4-5-15-26(19)20/h1-8,15,18,23H,9-14H2/p+1. The number of quaternary nitrogens is 1. The minimum atomic E-state index is -0.297. The molecular formula is C21H24N5+. The molecule has 2 N–H and O–H groups in total. The minimum absolute atomic E-state index is 0.297. The normalized spacial score (nSPS) is 23.0. The number of fused-ring (bicyclic) bond motifs is 1. The van der Waals surface area contributed by atoms with Gasteiger partial charge in [0, 0.05) is 19.0 Å². The zero-order chi connectivity index (χ0) is 17.8. The molecule has 5 heteroatoms. The molecule has 0 bridgehead atoms. The first-order chi connectivity index (χ1) is 12.8. The molecule has 5 nitrogen and oxygen atoms in total. The summed E-state index contributed by atoms with van der Waals surface area (Å²) in [6.45, 7) is 1.01. The number of aromatic nitrogens is 3. The Morgan fingerprint density at radius 1 is 1.08 bits per heavy atom. The van der Waals surface area contributed by atoms with Crippen LogP contribution in [0.2, 0.25) is 0 Å². The Hall–Kier alpha value is -2.71. The van der Waals surface area contributed by atoms with Crippen molar-refractivity contribution in [3.63, 3.8) is 0 Å². The van der Waals surface area contributed by atoms with Crippen LogP contribution in [0.25, 0.3) is 5.65 Å². The number of hydrogen-bond acceptors (Lipinski definition) is 3. The first-order valence-electron chi connectivity index (χ1n) is 9.39. The average Bonchev–Trinajstić information content (AvgIpc) is 3.13. The monoisotopic (exact) mass is 346 g/mol. The maximum absolute atomic E-state index is 9.80. The van der Waals surface area contributed by atoms with Gasteiger partial charge in [-0.1, -0.05) is 36.4 Å². The van der Waals surface area contributed by atoms with Crippen molar-refractivity contribution in [3.05, 3.63) is 66.1 Å². The van der Waals surface area contributed by atoms with Crippen LogP contribution in [0.15, 0.2) is 54.7 Å². The third-order valence-corrected chi connectivity index (χ3v) is 5.68. The first-order valence-corrected chi connectivity index (χ1v) is 9.39. The van der Waals surface area contributed by atoms with E-state index >= 15 is 0 Å². The van der Waals surface area contributed by atoms with Gasteiger partial charge >= 0.3 is 0 Å². The maximum atomic E-state index is 9.80. The van der Waals surface area contributed by atoms with Crippen LogP contribution in [-0.2, 0) is 11.8 Å². The largest absolute Gasteiger partial charge is 0.343 e. The summed E-state index contributed by atoms with van der Waals surface area (Å²) in [7, 11) is 0. The predicted molar refractivity (Wildman–Crippen MR) is 99.5 cm³/mol. The van der Waals surface area contributed by atoms with Crippen LogP contribution in [0.1, 0.15) is 37.1 Å². The Labute approximate surface area is 153 Å². The summed E-state index contributed by atoms with van der Waals surface area (Å²) in [5.74, 6) is 1.02. The smallest absolute Gasteiger partial charge is 0.160 e. The second-order valence-corrected chi connectivity index (χ2v) is 7.22. The highest BCUT2D eigenvalue weighted by molar-refractivity contribution is 5.37. The summed E-state index contributed by atoms with van der Waals surface area (Å²) in [5, 5.41) is 20.7. The number of pyridine rings is 1. The first kappa shape index (κ1) is 16.7. The molecule has 3 aromatic rings. The van der Waals surface area contributed by atoms with Crippen molar-refractivity contribution < 1.29 is 5.32 Å². The fourth-order valence-corrected chi connectivity index (χ4v) is 4.10. The molecular weight excluding hydrogens is 322 g/mol. The van der Waals surface area contributed by atoms with Crippen molar-refractivity contribution in [2.24, 2.45) is 0 Å². The lowest BCUT2D eigenvalue weighted by molar-refractivity contribution is -0.691. The van der Waals surface area contributed by atoms with E-state index < -0.39 is 0 Å². The van der Waals surface area contributed by atoms with Crippen molar-refractivity contribution in [1.82, 2.24) is 14.6 Å². The number of nitriles is 1. The maximum Gasteiger partial charge on any atom is 0.160 e. The minimum Gasteiger partial charge on any atom is -0.343 e. The molecule has 0 radical (unpaired) electrons. The van der Waals surface area contributed by atoms with Gasteiger partial charge in [0.15, 0.2) is 5.65 Å². The number of nitrogens with two attached hydrogens (primary N) is 1. The topological polar surface area (TPSA) is 70.6 Å². The van der Waals surface area contributed by atoms with E-state index in [1.54, 1.807) is 0 Å². The quantitative estimate of drug-likeness (QED) is 0.770. The summed E-state index contributed by atoms with van der Waals surface area (Å²) in [4.78, 5) is 0. The highest BCUT2D eigenvalue weighted by atomic mass is 15.2. The van der Waals surface area contributed by atoms with Crippen LogP contribution in [0.3, 0.4) is 0 Å². The van der Waals surface area contributed by atoms with Gasteiger partial charge < -0.3 is 5.32 Å². The number of nitrogens with zero attached hydrogens (tertiary/aromatic N) is 4. The van der Waals surface area contributed by atoms with Gasteiger partial charge in [0.25, 0.3) is 0 Å². The second kappa shape index (κ2) is 7.27. The van der Waals surface area contributed by atoms with Gasteiger partial charge in [-0.25, -0.2) is 0 Å². The van der Waals surface area contributed by atoms with E-state index in [4.69, 9.17) is 0 Å². The van der Waals surface area contributed by atoms with Gasteiger partial charge in [0.1, 0.15) is 5.82 Å². The number of benzene rings is 1. The van der Waals surface area contributed by atoms with Crippen LogP contribution in [0.4, 0.5) is 0 Å². The summed E-state index contributed by atoms with van der Waals surface area (Å²) in [6.07, 6.45) is 6.99. The number of hydrogen-bond donors (Lipinski definition) is 1. The van der Waals surface area contributed by atoms with Crippen molar-refractivity contribution in [1.29, 1.82) is 5.26 Å². The zero-order valence-corrected chi connectivity index (χ0v) is 14.9. The van der Waals surface area contributed by atoms with Crippen LogP contribution in [0.5, 0.6) is 0 Å². The van der Waals surface area contributed by atoms with E-state index in [0.717, 1.165) is 50.1 Å². The highest BCUT2D eigenvalue weighted by Crippen LogP contribution is 2.38. The van der Waals surface area contributed by atoms with Gasteiger partial charge in [-0.2, -0.15) is 5.26 Å². The fraction of sp³-hybridized carbons (Fsp3) is 0.381. The molecule has 1 fully saturated rings. The van der Waals surface area contributed by atoms with Crippen molar-refractivity contribution in [3.8, 4) is 6.07 Å². The molecule has 0 spiro atoms. The molecule has 1 aliphatic carbocycles. The van der Waals surface area contributed by atoms with Crippen LogP contribution < -0.4 is 5.32 Å². The Balaban J connectivity index is 1.32. The molecule has 26 heavy (non-hydrogen) atoms. The van der Waals surface area contributed by atoms with Gasteiger partial charge in [0.05, 0.1) is 30.5 Å². The summed E-state index contributed by atoms with van der Waals surface area (Å²) < 4.78 is 2.06. The Bertz CT molecular complexity index is 901. The molecule has 2 heterocycles. The van der Waals surface area contributed by atoms with E-state index in [1.165, 1.54) is 5.56 Å². The molecule has 132 valence electrons. The molecule has 0 unspecified atom stereocenters. The van der Waals surface area contributed by atoms with Crippen LogP contribution in [0, 0.1) is 11.3 Å². The Morgan fingerprint density at radius 2 is 1.85 bits per heavy atom. The van der Waals surface area contributed by atoms with Gasteiger partial charge in [-0.05, 0) is 30.5 Å². The molecule has 1 saturated carbocycles. The van der Waals surface area contributed by atoms with E-state index in [2.05, 4.69) is 38.1 Å². The molecule has 0 saturated heterocycles. The average molecular weight is 346 g/mol. The van der Waals surface area contributed by atoms with Crippen molar-refractivity contribution in [2.75, 3.05) is 6.54 Å². The molecule has 2 aromatic heterocycles. The predicted octanol–water partition coefficient (Wildman–Crippen LogP) is 2.24. The molecule has 0 atom stereocenters. The lowest BCUT2D eigenvalue weighted by atomic mass is 9.69. The van der Waals surface area contributed by atoms with Crippen molar-refractivity contribution in [2.45, 2.75) is 43.6 Å². The van der Waals surface area contributed by atoms with Gasteiger partial charge in [-0.15, -0.1) is 10.2 Å². The summed E-state index contributed by atoms with van der Waals surface area (Å²) >= 11 is 0. The lowest BCUT2D eigenvalue weighted by Gasteiger charge is -2.34. The summed E-state index contributed by atoms with van der Waals surface area (Å²) in [5.41, 5.74) is 1.78.